The first-order valence-corrected chi connectivity index (χ1v) is 8.31. The summed E-state index contributed by atoms with van der Waals surface area (Å²) in [5.41, 5.74) is 8.91. The molecular weight excluding hydrogens is 318 g/mol. The zero-order chi connectivity index (χ0) is 18.2. The summed E-state index contributed by atoms with van der Waals surface area (Å²) >= 11 is 0. The van der Waals surface area contributed by atoms with Crippen molar-refractivity contribution in [3.8, 4) is 11.5 Å². The molecule has 1 atom stereocenters. The van der Waals surface area contributed by atoms with Crippen LogP contribution in [0.4, 0.5) is 0 Å². The van der Waals surface area contributed by atoms with Gasteiger partial charge in [-0.05, 0) is 50.1 Å². The molecule has 0 radical (unpaired) electrons. The van der Waals surface area contributed by atoms with Crippen molar-refractivity contribution < 1.29 is 19.0 Å². The third-order valence-electron chi connectivity index (χ3n) is 3.81. The molecule has 1 unspecified atom stereocenters. The van der Waals surface area contributed by atoms with Crippen molar-refractivity contribution in [3.05, 3.63) is 59.2 Å². The standard InChI is InChI=1S/C20H25NO4/c1-4-24-20(22)18(21)12-15-7-10-19(23-3)16(11-15)13-25-17-8-5-14(2)6-9-17/h5-11,18H,4,12-13,21H2,1-3H3. The van der Waals surface area contributed by atoms with E-state index in [0.717, 1.165) is 22.6 Å². The van der Waals surface area contributed by atoms with Gasteiger partial charge in [0.25, 0.3) is 0 Å². The second-order valence-corrected chi connectivity index (χ2v) is 5.81. The zero-order valence-electron chi connectivity index (χ0n) is 15.0. The van der Waals surface area contributed by atoms with Crippen molar-refractivity contribution in [2.75, 3.05) is 13.7 Å². The number of benzene rings is 2. The quantitative estimate of drug-likeness (QED) is 0.746. The average Bonchev–Trinajstić information content (AvgIpc) is 2.61. The maximum absolute atomic E-state index is 11.7. The minimum atomic E-state index is -0.681. The molecular formula is C20H25NO4. The molecule has 0 fully saturated rings. The Kier molecular flexibility index (Phi) is 6.83. The molecule has 0 saturated carbocycles. The molecule has 0 aromatic heterocycles. The predicted octanol–water partition coefficient (Wildman–Crippen LogP) is 3.02. The van der Waals surface area contributed by atoms with E-state index in [4.69, 9.17) is 19.9 Å². The summed E-state index contributed by atoms with van der Waals surface area (Å²) in [6.45, 7) is 4.49. The van der Waals surface area contributed by atoms with Crippen LogP contribution in [0.15, 0.2) is 42.5 Å². The fourth-order valence-electron chi connectivity index (χ4n) is 2.45. The number of ether oxygens (including phenoxy) is 3. The Morgan fingerprint density at radius 2 is 1.88 bits per heavy atom. The highest BCUT2D eigenvalue weighted by Gasteiger charge is 2.16. The van der Waals surface area contributed by atoms with Gasteiger partial charge in [-0.3, -0.25) is 4.79 Å². The van der Waals surface area contributed by atoms with E-state index in [-0.39, 0.29) is 0 Å². The van der Waals surface area contributed by atoms with Crippen LogP contribution in [0.2, 0.25) is 0 Å². The van der Waals surface area contributed by atoms with Crippen LogP contribution in [0.3, 0.4) is 0 Å². The third kappa shape index (κ3) is 5.50. The SMILES string of the molecule is CCOC(=O)C(N)Cc1ccc(OC)c(COc2ccc(C)cc2)c1. The van der Waals surface area contributed by atoms with E-state index >= 15 is 0 Å². The number of nitrogens with two attached hydrogens (primary N) is 1. The lowest BCUT2D eigenvalue weighted by molar-refractivity contribution is -0.144. The maximum atomic E-state index is 11.7. The normalized spacial score (nSPS) is 11.7. The molecule has 2 rings (SSSR count). The molecule has 0 aliphatic heterocycles. The highest BCUT2D eigenvalue weighted by atomic mass is 16.5. The van der Waals surface area contributed by atoms with E-state index in [1.54, 1.807) is 14.0 Å². The number of hydrogen-bond donors (Lipinski definition) is 1. The molecule has 25 heavy (non-hydrogen) atoms. The summed E-state index contributed by atoms with van der Waals surface area (Å²) < 4.78 is 16.2. The number of rotatable bonds is 8. The van der Waals surface area contributed by atoms with Gasteiger partial charge < -0.3 is 19.9 Å². The number of hydrogen-bond acceptors (Lipinski definition) is 5. The summed E-state index contributed by atoms with van der Waals surface area (Å²) in [5.74, 6) is 1.14. The topological polar surface area (TPSA) is 70.8 Å². The molecule has 0 saturated heterocycles. The summed E-state index contributed by atoms with van der Waals surface area (Å²) in [7, 11) is 1.62. The minimum Gasteiger partial charge on any atom is -0.496 e. The molecule has 0 aliphatic rings. The van der Waals surface area contributed by atoms with Crippen molar-refractivity contribution in [1.29, 1.82) is 0 Å². The average molecular weight is 343 g/mol. The van der Waals surface area contributed by atoms with Gasteiger partial charge in [0.05, 0.1) is 13.7 Å². The highest BCUT2D eigenvalue weighted by Crippen LogP contribution is 2.23. The Hall–Kier alpha value is -2.53. The largest absolute Gasteiger partial charge is 0.496 e. The second-order valence-electron chi connectivity index (χ2n) is 5.81. The molecule has 2 aromatic carbocycles. The van der Waals surface area contributed by atoms with E-state index in [2.05, 4.69) is 0 Å². The predicted molar refractivity (Wildman–Crippen MR) is 96.8 cm³/mol. The molecule has 0 bridgehead atoms. The number of aryl methyl sites for hydroxylation is 1. The van der Waals surface area contributed by atoms with Gasteiger partial charge in [-0.15, -0.1) is 0 Å². The minimum absolute atomic E-state index is 0.324. The summed E-state index contributed by atoms with van der Waals surface area (Å²) in [6.07, 6.45) is 0.403. The molecule has 2 aromatic rings. The van der Waals surface area contributed by atoms with Crippen LogP contribution in [0, 0.1) is 6.92 Å². The van der Waals surface area contributed by atoms with Crippen molar-refractivity contribution in [3.63, 3.8) is 0 Å². The summed E-state index contributed by atoms with van der Waals surface area (Å²) in [4.78, 5) is 11.7. The molecule has 0 heterocycles. The first-order chi connectivity index (χ1) is 12.0. The smallest absolute Gasteiger partial charge is 0.323 e. The van der Waals surface area contributed by atoms with Crippen molar-refractivity contribution >= 4 is 5.97 Å². The Morgan fingerprint density at radius 1 is 1.16 bits per heavy atom. The van der Waals surface area contributed by atoms with Gasteiger partial charge in [0.2, 0.25) is 0 Å². The Labute approximate surface area is 148 Å². The van der Waals surface area contributed by atoms with Crippen LogP contribution < -0.4 is 15.2 Å². The molecule has 134 valence electrons. The molecule has 5 nitrogen and oxygen atoms in total. The van der Waals surface area contributed by atoms with Crippen LogP contribution >= 0.6 is 0 Å². The summed E-state index contributed by atoms with van der Waals surface area (Å²) in [6, 6.07) is 12.9. The van der Waals surface area contributed by atoms with Gasteiger partial charge in [-0.2, -0.15) is 0 Å². The van der Waals surface area contributed by atoms with Gasteiger partial charge in [-0.25, -0.2) is 0 Å². The lowest BCUT2D eigenvalue weighted by Gasteiger charge is -2.14. The Morgan fingerprint density at radius 3 is 2.52 bits per heavy atom. The van der Waals surface area contributed by atoms with E-state index in [0.29, 0.717) is 19.6 Å². The van der Waals surface area contributed by atoms with Crippen LogP contribution in [0.5, 0.6) is 11.5 Å². The second kappa shape index (κ2) is 9.08. The molecule has 0 amide bonds. The number of carbonyl (C=O) groups excluding carboxylic acids is 1. The van der Waals surface area contributed by atoms with Gasteiger partial charge >= 0.3 is 5.97 Å². The van der Waals surface area contributed by atoms with Gasteiger partial charge in [0.1, 0.15) is 24.1 Å². The Bertz CT molecular complexity index is 697. The van der Waals surface area contributed by atoms with Crippen molar-refractivity contribution in [2.24, 2.45) is 5.73 Å². The fourth-order valence-corrected chi connectivity index (χ4v) is 2.45. The molecule has 0 spiro atoms. The third-order valence-corrected chi connectivity index (χ3v) is 3.81. The molecule has 0 aliphatic carbocycles. The first kappa shape index (κ1) is 18.8. The number of carbonyl (C=O) groups is 1. The van der Waals surface area contributed by atoms with Gasteiger partial charge in [-0.1, -0.05) is 23.8 Å². The Balaban J connectivity index is 2.08. The van der Waals surface area contributed by atoms with E-state index in [9.17, 15) is 4.79 Å². The lowest BCUT2D eigenvalue weighted by atomic mass is 10.0. The van der Waals surface area contributed by atoms with Crippen molar-refractivity contribution in [1.82, 2.24) is 0 Å². The van der Waals surface area contributed by atoms with Crippen LogP contribution in [-0.2, 0) is 22.6 Å². The van der Waals surface area contributed by atoms with Gasteiger partial charge in [0, 0.05) is 5.56 Å². The van der Waals surface area contributed by atoms with E-state index < -0.39 is 12.0 Å². The fraction of sp³-hybridized carbons (Fsp3) is 0.350. The summed E-state index contributed by atoms with van der Waals surface area (Å²) in [5, 5.41) is 0. The molecule has 2 N–H and O–H groups in total. The van der Waals surface area contributed by atoms with Crippen LogP contribution in [0.1, 0.15) is 23.6 Å². The maximum Gasteiger partial charge on any atom is 0.323 e. The van der Waals surface area contributed by atoms with E-state index in [1.165, 1.54) is 5.56 Å². The highest BCUT2D eigenvalue weighted by molar-refractivity contribution is 5.75. The zero-order valence-corrected chi connectivity index (χ0v) is 15.0. The monoisotopic (exact) mass is 343 g/mol. The van der Waals surface area contributed by atoms with Gasteiger partial charge in [0.15, 0.2) is 0 Å². The van der Waals surface area contributed by atoms with Crippen LogP contribution in [0.25, 0.3) is 0 Å². The van der Waals surface area contributed by atoms with E-state index in [1.807, 2.05) is 49.4 Å². The lowest BCUT2D eigenvalue weighted by Crippen LogP contribution is -2.34. The first-order valence-electron chi connectivity index (χ1n) is 8.31. The van der Waals surface area contributed by atoms with Crippen molar-refractivity contribution in [2.45, 2.75) is 32.9 Å². The van der Waals surface area contributed by atoms with Crippen LogP contribution in [-0.4, -0.2) is 25.7 Å². The number of methoxy groups -OCH3 is 1. The number of esters is 1. The molecule has 5 heteroatoms.